The van der Waals surface area contributed by atoms with Gasteiger partial charge in [0.15, 0.2) is 0 Å². The van der Waals surface area contributed by atoms with Gasteiger partial charge in [0, 0.05) is 12.1 Å². The molecule has 0 heterocycles. The Morgan fingerprint density at radius 1 is 0.735 bits per heavy atom. The number of rotatable bonds is 8. The second kappa shape index (κ2) is 10.0. The molecule has 0 aliphatic heterocycles. The number of anilines is 1. The number of carbonyl (C=O) groups is 3. The molecule has 0 radical (unpaired) electrons. The van der Waals surface area contributed by atoms with Gasteiger partial charge in [0.05, 0.1) is 17.9 Å². The molecule has 0 fully saturated rings. The molecule has 0 saturated heterocycles. The summed E-state index contributed by atoms with van der Waals surface area (Å²) in [6.07, 6.45) is -0.0549. The number of aromatic carboxylic acids is 1. The van der Waals surface area contributed by atoms with Gasteiger partial charge in [-0.05, 0) is 39.6 Å². The molecule has 4 aromatic carbocycles. The number of fused-ring (bicyclic) bond motifs is 1. The summed E-state index contributed by atoms with van der Waals surface area (Å²) in [6.45, 7) is 0. The molecule has 0 spiro atoms. The Bertz CT molecular complexity index is 1370. The van der Waals surface area contributed by atoms with Crippen LogP contribution in [0.15, 0.2) is 91.0 Å². The highest BCUT2D eigenvalue weighted by molar-refractivity contribution is 6.01. The minimum atomic E-state index is -1.07. The topological polar surface area (TPSA) is 104 Å². The van der Waals surface area contributed by atoms with E-state index < -0.39 is 23.8 Å². The highest BCUT2D eigenvalue weighted by Gasteiger charge is 2.26. The van der Waals surface area contributed by atoms with Crippen molar-refractivity contribution >= 4 is 34.3 Å². The van der Waals surface area contributed by atoms with Crippen LogP contribution in [0.1, 0.15) is 39.4 Å². The number of carboxylic acids is 2. The highest BCUT2D eigenvalue weighted by Crippen LogP contribution is 2.30. The first kappa shape index (κ1) is 22.7. The van der Waals surface area contributed by atoms with E-state index in [4.69, 9.17) is 0 Å². The van der Waals surface area contributed by atoms with Gasteiger partial charge in [0.1, 0.15) is 0 Å². The van der Waals surface area contributed by atoms with Crippen LogP contribution in [0.2, 0.25) is 0 Å². The summed E-state index contributed by atoms with van der Waals surface area (Å²) in [6, 6.07) is 26.9. The molecular formula is C28H23NO5. The Balaban J connectivity index is 1.67. The highest BCUT2D eigenvalue weighted by atomic mass is 16.4. The van der Waals surface area contributed by atoms with Gasteiger partial charge >= 0.3 is 11.9 Å². The van der Waals surface area contributed by atoms with Crippen LogP contribution >= 0.6 is 0 Å². The van der Waals surface area contributed by atoms with Crippen molar-refractivity contribution in [1.29, 1.82) is 0 Å². The third-order valence-corrected chi connectivity index (χ3v) is 5.80. The molecule has 6 heteroatoms. The molecule has 1 amide bonds. The molecule has 4 rings (SSSR count). The molecule has 0 aliphatic rings. The van der Waals surface area contributed by atoms with Crippen molar-refractivity contribution < 1.29 is 24.6 Å². The third kappa shape index (κ3) is 4.96. The Morgan fingerprint density at radius 2 is 1.38 bits per heavy atom. The fourth-order valence-electron chi connectivity index (χ4n) is 4.18. The average molecular weight is 453 g/mol. The number of hydrogen-bond acceptors (Lipinski definition) is 3. The molecule has 1 atom stereocenters. The van der Waals surface area contributed by atoms with Crippen molar-refractivity contribution in [3.05, 3.63) is 113 Å². The van der Waals surface area contributed by atoms with E-state index in [9.17, 15) is 24.6 Å². The van der Waals surface area contributed by atoms with Crippen LogP contribution in [0.5, 0.6) is 0 Å². The maximum absolute atomic E-state index is 13.4. The fraction of sp³-hybridized carbons (Fsp3) is 0.107. The first-order chi connectivity index (χ1) is 16.4. The number of benzene rings is 4. The summed E-state index contributed by atoms with van der Waals surface area (Å²) < 4.78 is 0. The van der Waals surface area contributed by atoms with Crippen LogP contribution in [-0.4, -0.2) is 28.1 Å². The molecule has 34 heavy (non-hydrogen) atoms. The number of carboxylic acid groups (broad SMARTS) is 2. The minimum Gasteiger partial charge on any atom is -0.481 e. The van der Waals surface area contributed by atoms with E-state index in [0.29, 0.717) is 23.2 Å². The average Bonchev–Trinajstić information content (AvgIpc) is 2.83. The van der Waals surface area contributed by atoms with Crippen LogP contribution in [0.25, 0.3) is 10.8 Å². The molecular weight excluding hydrogens is 430 g/mol. The van der Waals surface area contributed by atoms with Crippen molar-refractivity contribution in [2.45, 2.75) is 18.8 Å². The summed E-state index contributed by atoms with van der Waals surface area (Å²) in [4.78, 5) is 36.7. The molecule has 1 unspecified atom stereocenters. The van der Waals surface area contributed by atoms with Crippen LogP contribution < -0.4 is 5.32 Å². The van der Waals surface area contributed by atoms with Crippen molar-refractivity contribution in [3.8, 4) is 0 Å². The molecule has 6 nitrogen and oxygen atoms in total. The molecule has 0 saturated carbocycles. The number of nitrogens with one attached hydrogen (secondary N) is 1. The van der Waals surface area contributed by atoms with Crippen LogP contribution in [0.3, 0.4) is 0 Å². The third-order valence-electron chi connectivity index (χ3n) is 5.80. The van der Waals surface area contributed by atoms with E-state index in [0.717, 1.165) is 16.3 Å². The maximum atomic E-state index is 13.4. The predicted molar refractivity (Wildman–Crippen MR) is 130 cm³/mol. The van der Waals surface area contributed by atoms with Crippen LogP contribution in [-0.2, 0) is 16.0 Å². The lowest BCUT2D eigenvalue weighted by atomic mass is 9.90. The molecule has 170 valence electrons. The van der Waals surface area contributed by atoms with Crippen molar-refractivity contribution in [3.63, 3.8) is 0 Å². The van der Waals surface area contributed by atoms with Gasteiger partial charge in [0.2, 0.25) is 5.91 Å². The lowest BCUT2D eigenvalue weighted by Crippen LogP contribution is -2.24. The van der Waals surface area contributed by atoms with Crippen molar-refractivity contribution in [2.24, 2.45) is 0 Å². The van der Waals surface area contributed by atoms with Gasteiger partial charge < -0.3 is 15.5 Å². The smallest absolute Gasteiger partial charge is 0.335 e. The summed E-state index contributed by atoms with van der Waals surface area (Å²) in [5, 5.41) is 23.7. The second-order valence-electron chi connectivity index (χ2n) is 8.00. The summed E-state index contributed by atoms with van der Waals surface area (Å²) in [5.41, 5.74) is 2.71. The zero-order valence-corrected chi connectivity index (χ0v) is 18.3. The van der Waals surface area contributed by atoms with Crippen LogP contribution in [0.4, 0.5) is 5.69 Å². The van der Waals surface area contributed by atoms with E-state index in [2.05, 4.69) is 5.32 Å². The molecule has 0 bridgehead atoms. The standard InChI is InChI=1S/C28H23NO5/c30-26(31)17-24(23-14-7-11-18-8-1-4-12-21(18)23)27(32)29-25-15-6-3-10-20(25)16-19-9-2-5-13-22(19)28(33)34/h1-15,24H,16-17H2,(H,29,32)(H,30,31)(H,33,34). The van der Waals surface area contributed by atoms with E-state index in [1.54, 1.807) is 42.5 Å². The van der Waals surface area contributed by atoms with Gasteiger partial charge in [-0.15, -0.1) is 0 Å². The largest absolute Gasteiger partial charge is 0.481 e. The number of para-hydroxylation sites is 1. The monoisotopic (exact) mass is 453 g/mol. The number of amides is 1. The Kier molecular flexibility index (Phi) is 6.69. The van der Waals surface area contributed by atoms with E-state index in [1.807, 2.05) is 48.5 Å². The van der Waals surface area contributed by atoms with Crippen LogP contribution in [0, 0.1) is 0 Å². The molecule has 3 N–H and O–H groups in total. The summed E-state index contributed by atoms with van der Waals surface area (Å²) >= 11 is 0. The molecule has 4 aromatic rings. The van der Waals surface area contributed by atoms with Gasteiger partial charge in [-0.3, -0.25) is 9.59 Å². The van der Waals surface area contributed by atoms with E-state index >= 15 is 0 Å². The number of carbonyl (C=O) groups excluding carboxylic acids is 1. The second-order valence-corrected chi connectivity index (χ2v) is 8.00. The first-order valence-electron chi connectivity index (χ1n) is 10.8. The Hall–Kier alpha value is -4.45. The van der Waals surface area contributed by atoms with Gasteiger partial charge in [-0.2, -0.15) is 0 Å². The van der Waals surface area contributed by atoms with Crippen molar-refractivity contribution in [1.82, 2.24) is 0 Å². The predicted octanol–water partition coefficient (Wildman–Crippen LogP) is 5.33. The first-order valence-corrected chi connectivity index (χ1v) is 10.8. The Morgan fingerprint density at radius 3 is 2.15 bits per heavy atom. The summed E-state index contributed by atoms with van der Waals surface area (Å²) in [7, 11) is 0. The van der Waals surface area contributed by atoms with Gasteiger partial charge in [-0.25, -0.2) is 4.79 Å². The zero-order chi connectivity index (χ0) is 24.1. The maximum Gasteiger partial charge on any atom is 0.335 e. The van der Waals surface area contributed by atoms with Crippen molar-refractivity contribution in [2.75, 3.05) is 5.32 Å². The fourth-order valence-corrected chi connectivity index (χ4v) is 4.18. The van der Waals surface area contributed by atoms with E-state index in [1.165, 1.54) is 0 Å². The zero-order valence-electron chi connectivity index (χ0n) is 18.3. The normalized spacial score (nSPS) is 11.6. The van der Waals surface area contributed by atoms with Gasteiger partial charge in [-0.1, -0.05) is 78.9 Å². The lowest BCUT2D eigenvalue weighted by molar-refractivity contribution is -0.139. The number of aliphatic carboxylic acids is 1. The summed E-state index contributed by atoms with van der Waals surface area (Å²) in [5.74, 6) is -3.42. The van der Waals surface area contributed by atoms with Gasteiger partial charge in [0.25, 0.3) is 0 Å². The Labute approximate surface area is 196 Å². The lowest BCUT2D eigenvalue weighted by Gasteiger charge is -2.19. The minimum absolute atomic E-state index is 0.197. The quantitative estimate of drug-likeness (QED) is 0.335. The SMILES string of the molecule is O=C(O)CC(C(=O)Nc1ccccc1Cc1ccccc1C(=O)O)c1cccc2ccccc12. The molecule has 0 aromatic heterocycles. The molecule has 0 aliphatic carbocycles. The number of hydrogen-bond donors (Lipinski definition) is 3. The van der Waals surface area contributed by atoms with E-state index in [-0.39, 0.29) is 12.0 Å².